The molecule has 102 valence electrons. The van der Waals surface area contributed by atoms with Crippen molar-refractivity contribution in [2.75, 3.05) is 19.5 Å². The lowest BCUT2D eigenvalue weighted by Crippen LogP contribution is -1.96. The Labute approximate surface area is 126 Å². The second kappa shape index (κ2) is 6.31. The van der Waals surface area contributed by atoms with Gasteiger partial charge in [0.1, 0.15) is 17.6 Å². The van der Waals surface area contributed by atoms with Gasteiger partial charge < -0.3 is 14.8 Å². The van der Waals surface area contributed by atoms with E-state index in [2.05, 4.69) is 27.3 Å². The summed E-state index contributed by atoms with van der Waals surface area (Å²) in [4.78, 5) is 0. The number of halogens is 1. The normalized spacial score (nSPS) is 9.70. The van der Waals surface area contributed by atoms with Crippen LogP contribution in [0.15, 0.2) is 40.9 Å². The van der Waals surface area contributed by atoms with Crippen LogP contribution in [0, 0.1) is 11.3 Å². The number of hydrogen-bond donors (Lipinski definition) is 1. The zero-order chi connectivity index (χ0) is 14.5. The van der Waals surface area contributed by atoms with Gasteiger partial charge in [0.25, 0.3) is 0 Å². The van der Waals surface area contributed by atoms with Crippen molar-refractivity contribution in [3.8, 4) is 17.6 Å². The molecule has 1 N–H and O–H groups in total. The molecule has 0 fully saturated rings. The predicted molar refractivity (Wildman–Crippen MR) is 81.7 cm³/mol. The third-order valence-corrected chi connectivity index (χ3v) is 3.23. The first-order valence-electron chi connectivity index (χ1n) is 5.86. The summed E-state index contributed by atoms with van der Waals surface area (Å²) in [5.41, 5.74) is 2.07. The summed E-state index contributed by atoms with van der Waals surface area (Å²) in [5, 5.41) is 12.3. The van der Waals surface area contributed by atoms with Gasteiger partial charge >= 0.3 is 0 Å². The van der Waals surface area contributed by atoms with Crippen LogP contribution in [0.3, 0.4) is 0 Å². The lowest BCUT2D eigenvalue weighted by atomic mass is 10.2. The minimum atomic E-state index is 0.565. The number of hydrogen-bond acceptors (Lipinski definition) is 4. The predicted octanol–water partition coefficient (Wildman–Crippen LogP) is 4.08. The molecule has 2 aromatic carbocycles. The van der Waals surface area contributed by atoms with Gasteiger partial charge in [-0.1, -0.05) is 15.9 Å². The van der Waals surface area contributed by atoms with E-state index in [1.54, 1.807) is 26.4 Å². The molecule has 2 rings (SSSR count). The van der Waals surface area contributed by atoms with Crippen LogP contribution in [0.5, 0.6) is 11.5 Å². The Morgan fingerprint density at radius 3 is 2.25 bits per heavy atom. The van der Waals surface area contributed by atoms with E-state index in [1.165, 1.54) is 0 Å². The quantitative estimate of drug-likeness (QED) is 0.916. The molecule has 0 bridgehead atoms. The topological polar surface area (TPSA) is 54.3 Å². The first kappa shape index (κ1) is 14.2. The molecule has 2 aromatic rings. The summed E-state index contributed by atoms with van der Waals surface area (Å²) in [5.74, 6) is 1.36. The third-order valence-electron chi connectivity index (χ3n) is 2.73. The molecular weight excluding hydrogens is 320 g/mol. The van der Waals surface area contributed by atoms with Crippen LogP contribution >= 0.6 is 15.9 Å². The van der Waals surface area contributed by atoms with Gasteiger partial charge in [0.05, 0.1) is 25.5 Å². The molecule has 0 aliphatic rings. The highest BCUT2D eigenvalue weighted by Crippen LogP contribution is 2.30. The van der Waals surface area contributed by atoms with Crippen LogP contribution in [0.2, 0.25) is 0 Å². The van der Waals surface area contributed by atoms with Gasteiger partial charge in [-0.05, 0) is 18.2 Å². The number of nitrogens with one attached hydrogen (secondary N) is 1. The molecular formula is C15H13BrN2O2. The molecule has 0 saturated carbocycles. The van der Waals surface area contributed by atoms with Crippen molar-refractivity contribution in [2.45, 2.75) is 0 Å². The molecule has 0 aliphatic carbocycles. The first-order valence-corrected chi connectivity index (χ1v) is 6.65. The van der Waals surface area contributed by atoms with Gasteiger partial charge in [0.2, 0.25) is 0 Å². The van der Waals surface area contributed by atoms with Gasteiger partial charge in [0.15, 0.2) is 0 Å². The van der Waals surface area contributed by atoms with Crippen LogP contribution in [0.25, 0.3) is 0 Å². The highest BCUT2D eigenvalue weighted by molar-refractivity contribution is 9.10. The van der Waals surface area contributed by atoms with Crippen molar-refractivity contribution in [2.24, 2.45) is 0 Å². The molecule has 0 aliphatic heterocycles. The number of benzene rings is 2. The van der Waals surface area contributed by atoms with E-state index in [-0.39, 0.29) is 0 Å². The molecule has 0 atom stereocenters. The van der Waals surface area contributed by atoms with E-state index in [0.717, 1.165) is 15.8 Å². The van der Waals surface area contributed by atoms with Crippen LogP contribution < -0.4 is 14.8 Å². The molecule has 0 spiro atoms. The minimum absolute atomic E-state index is 0.565. The lowest BCUT2D eigenvalue weighted by Gasteiger charge is -2.12. The molecule has 0 unspecified atom stereocenters. The Hall–Kier alpha value is -2.19. The molecule has 0 amide bonds. The smallest absolute Gasteiger partial charge is 0.124 e. The molecule has 0 saturated heterocycles. The maximum absolute atomic E-state index is 9.13. The number of nitrogens with zero attached hydrogens (tertiary/aromatic N) is 1. The molecule has 0 radical (unpaired) electrons. The second-order valence-electron chi connectivity index (χ2n) is 4.03. The van der Waals surface area contributed by atoms with E-state index < -0.39 is 0 Å². The van der Waals surface area contributed by atoms with Crippen molar-refractivity contribution in [1.82, 2.24) is 0 Å². The number of rotatable bonds is 4. The monoisotopic (exact) mass is 332 g/mol. The number of anilines is 2. The second-order valence-corrected chi connectivity index (χ2v) is 4.94. The summed E-state index contributed by atoms with van der Waals surface area (Å²) in [6.45, 7) is 0. The molecule has 20 heavy (non-hydrogen) atoms. The first-order chi connectivity index (χ1) is 9.66. The van der Waals surface area contributed by atoms with Gasteiger partial charge in [-0.3, -0.25) is 0 Å². The average molecular weight is 333 g/mol. The van der Waals surface area contributed by atoms with Crippen molar-refractivity contribution >= 4 is 27.3 Å². The van der Waals surface area contributed by atoms with Crippen LogP contribution in [-0.4, -0.2) is 14.2 Å². The number of ether oxygens (including phenoxy) is 2. The number of nitriles is 1. The molecule has 0 aromatic heterocycles. The Morgan fingerprint density at radius 1 is 1.05 bits per heavy atom. The summed E-state index contributed by atoms with van der Waals surface area (Å²) < 4.78 is 11.3. The largest absolute Gasteiger partial charge is 0.497 e. The Bertz CT molecular complexity index is 643. The lowest BCUT2D eigenvalue weighted by molar-refractivity contribution is 0.395. The van der Waals surface area contributed by atoms with Crippen LogP contribution in [0.4, 0.5) is 11.4 Å². The van der Waals surface area contributed by atoms with Gasteiger partial charge in [-0.2, -0.15) is 5.26 Å². The van der Waals surface area contributed by atoms with Gasteiger partial charge in [-0.25, -0.2) is 0 Å². The maximum atomic E-state index is 9.13. The molecule has 0 heterocycles. The van der Waals surface area contributed by atoms with E-state index in [0.29, 0.717) is 17.1 Å². The fourth-order valence-corrected chi connectivity index (χ4v) is 2.11. The highest BCUT2D eigenvalue weighted by atomic mass is 79.9. The van der Waals surface area contributed by atoms with E-state index in [9.17, 15) is 0 Å². The molecule has 4 nitrogen and oxygen atoms in total. The summed E-state index contributed by atoms with van der Waals surface area (Å²) in [6.07, 6.45) is 0. The Balaban J connectivity index is 2.39. The minimum Gasteiger partial charge on any atom is -0.497 e. The van der Waals surface area contributed by atoms with Gasteiger partial charge in [-0.15, -0.1) is 0 Å². The van der Waals surface area contributed by atoms with Crippen molar-refractivity contribution in [1.29, 1.82) is 5.26 Å². The van der Waals surface area contributed by atoms with Gasteiger partial charge in [0, 0.05) is 28.4 Å². The average Bonchev–Trinajstić information content (AvgIpc) is 2.47. The molecule has 5 heteroatoms. The van der Waals surface area contributed by atoms with Crippen molar-refractivity contribution < 1.29 is 9.47 Å². The number of methoxy groups -OCH3 is 2. The fourth-order valence-electron chi connectivity index (χ4n) is 1.75. The highest BCUT2D eigenvalue weighted by Gasteiger charge is 2.06. The summed E-state index contributed by atoms with van der Waals surface area (Å²) in [6, 6.07) is 13.1. The SMILES string of the molecule is COc1cc(Nc2cc(Br)ccc2C#N)cc(OC)c1. The zero-order valence-corrected chi connectivity index (χ0v) is 12.7. The Morgan fingerprint density at radius 2 is 1.70 bits per heavy atom. The summed E-state index contributed by atoms with van der Waals surface area (Å²) in [7, 11) is 3.19. The standard InChI is InChI=1S/C15H13BrN2O2/c1-19-13-6-12(7-14(8-13)20-2)18-15-5-11(16)4-3-10(15)9-17/h3-8,18H,1-2H3. The van der Waals surface area contributed by atoms with Crippen LogP contribution in [0.1, 0.15) is 5.56 Å². The van der Waals surface area contributed by atoms with E-state index >= 15 is 0 Å². The zero-order valence-electron chi connectivity index (χ0n) is 11.1. The fraction of sp³-hybridized carbons (Fsp3) is 0.133. The van der Waals surface area contributed by atoms with E-state index in [4.69, 9.17) is 14.7 Å². The summed E-state index contributed by atoms with van der Waals surface area (Å²) >= 11 is 3.40. The third kappa shape index (κ3) is 3.22. The van der Waals surface area contributed by atoms with Crippen molar-refractivity contribution in [3.63, 3.8) is 0 Å². The van der Waals surface area contributed by atoms with Crippen LogP contribution in [-0.2, 0) is 0 Å². The van der Waals surface area contributed by atoms with E-state index in [1.807, 2.05) is 24.3 Å². The Kier molecular flexibility index (Phi) is 4.49. The van der Waals surface area contributed by atoms with Crippen molar-refractivity contribution in [3.05, 3.63) is 46.4 Å². The maximum Gasteiger partial charge on any atom is 0.124 e.